The maximum atomic E-state index is 13.5. The van der Waals surface area contributed by atoms with E-state index in [0.717, 1.165) is 50.0 Å². The van der Waals surface area contributed by atoms with Crippen LogP contribution in [0, 0.1) is 0 Å². The van der Waals surface area contributed by atoms with Crippen molar-refractivity contribution in [2.75, 3.05) is 19.4 Å². The summed E-state index contributed by atoms with van der Waals surface area (Å²) in [5, 5.41) is 5.28. The molecule has 5 rings (SSSR count). The highest BCUT2D eigenvalue weighted by Gasteiger charge is 2.48. The van der Waals surface area contributed by atoms with Gasteiger partial charge in [0.15, 0.2) is 5.96 Å². The van der Waals surface area contributed by atoms with E-state index >= 15 is 0 Å². The predicted octanol–water partition coefficient (Wildman–Crippen LogP) is 4.25. The van der Waals surface area contributed by atoms with Crippen LogP contribution in [0.1, 0.15) is 23.3 Å². The summed E-state index contributed by atoms with van der Waals surface area (Å²) in [6.45, 7) is 1.98. The second kappa shape index (κ2) is 7.68. The molecule has 7 nitrogen and oxygen atoms in total. The molecule has 0 aliphatic carbocycles. The lowest BCUT2D eigenvalue weighted by Crippen LogP contribution is -2.52. The number of nitrogens with two attached hydrogens (primary N) is 1. The lowest BCUT2D eigenvalue weighted by Gasteiger charge is -2.40. The highest BCUT2D eigenvalue weighted by molar-refractivity contribution is 7.10. The Bertz CT molecular complexity index is 1360. The lowest BCUT2D eigenvalue weighted by molar-refractivity contribution is -0.130. The minimum atomic E-state index is -0.839. The summed E-state index contributed by atoms with van der Waals surface area (Å²) in [7, 11) is 3.57. The molecular formula is C23H22N6OS2. The Morgan fingerprint density at radius 3 is 2.72 bits per heavy atom. The Kier molecular flexibility index (Phi) is 4.94. The van der Waals surface area contributed by atoms with Crippen molar-refractivity contribution in [3.05, 3.63) is 64.4 Å². The first-order chi connectivity index (χ1) is 15.4. The molecule has 1 aliphatic rings. The highest BCUT2D eigenvalue weighted by atomic mass is 32.1. The first kappa shape index (κ1) is 20.6. The van der Waals surface area contributed by atoms with Crippen LogP contribution in [0.5, 0.6) is 0 Å². The second-order valence-electron chi connectivity index (χ2n) is 7.99. The number of rotatable bonds is 4. The van der Waals surface area contributed by atoms with Gasteiger partial charge in [0.2, 0.25) is 5.91 Å². The van der Waals surface area contributed by atoms with E-state index in [9.17, 15) is 4.79 Å². The van der Waals surface area contributed by atoms with E-state index < -0.39 is 11.5 Å². The second-order valence-corrected chi connectivity index (χ2v) is 9.43. The molecule has 162 valence electrons. The third-order valence-electron chi connectivity index (χ3n) is 6.02. The van der Waals surface area contributed by atoms with E-state index in [1.54, 1.807) is 18.4 Å². The standard InChI is InChI=1S/C23H22N6OS2/c1-23(19-11-15(12-31-19)13-5-4-6-16(9-13)25-2)20(21(30)29(3)22(24)26-23)14-7-8-17-18(10-14)28-32-27-17/h4-12,20,25H,1-3H3,(H2,24,26)/t20-,23+/m0/s1. The Morgan fingerprint density at radius 1 is 1.09 bits per heavy atom. The maximum Gasteiger partial charge on any atom is 0.239 e. The Balaban J connectivity index is 1.63. The van der Waals surface area contributed by atoms with Crippen molar-refractivity contribution in [3.63, 3.8) is 0 Å². The van der Waals surface area contributed by atoms with Gasteiger partial charge in [-0.15, -0.1) is 11.3 Å². The van der Waals surface area contributed by atoms with Gasteiger partial charge in [-0.3, -0.25) is 9.69 Å². The number of amides is 1. The molecular weight excluding hydrogens is 440 g/mol. The molecule has 0 bridgehead atoms. The van der Waals surface area contributed by atoms with Gasteiger partial charge in [-0.05, 0) is 59.3 Å². The van der Waals surface area contributed by atoms with Crippen molar-refractivity contribution in [1.82, 2.24) is 13.6 Å². The van der Waals surface area contributed by atoms with E-state index in [4.69, 9.17) is 10.7 Å². The number of carbonyl (C=O) groups is 1. The molecule has 4 aromatic rings. The smallest absolute Gasteiger partial charge is 0.239 e. The maximum absolute atomic E-state index is 13.5. The van der Waals surface area contributed by atoms with Crippen LogP contribution in [0.4, 0.5) is 5.69 Å². The zero-order valence-electron chi connectivity index (χ0n) is 17.9. The molecule has 1 amide bonds. The van der Waals surface area contributed by atoms with Crippen molar-refractivity contribution in [2.45, 2.75) is 18.4 Å². The number of aliphatic imine (C=N–C) groups is 1. The number of nitrogens with one attached hydrogen (secondary N) is 1. The van der Waals surface area contributed by atoms with Crippen molar-refractivity contribution in [3.8, 4) is 11.1 Å². The Morgan fingerprint density at radius 2 is 1.91 bits per heavy atom. The fourth-order valence-electron chi connectivity index (χ4n) is 4.17. The summed E-state index contributed by atoms with van der Waals surface area (Å²) >= 11 is 2.76. The van der Waals surface area contributed by atoms with E-state index in [0.29, 0.717) is 0 Å². The van der Waals surface area contributed by atoms with E-state index in [2.05, 4.69) is 37.6 Å². The largest absolute Gasteiger partial charge is 0.388 e. The zero-order valence-corrected chi connectivity index (χ0v) is 19.5. The van der Waals surface area contributed by atoms with Crippen molar-refractivity contribution in [1.29, 1.82) is 0 Å². The number of hydrogen-bond acceptors (Lipinski definition) is 8. The molecule has 0 unspecified atom stereocenters. The molecule has 0 fully saturated rings. The van der Waals surface area contributed by atoms with Gasteiger partial charge in [0, 0.05) is 24.7 Å². The van der Waals surface area contributed by atoms with E-state index in [-0.39, 0.29) is 11.9 Å². The molecule has 0 saturated carbocycles. The quantitative estimate of drug-likeness (QED) is 0.473. The molecule has 1 aliphatic heterocycles. The third kappa shape index (κ3) is 3.25. The summed E-state index contributed by atoms with van der Waals surface area (Å²) in [5.74, 6) is -0.395. The number of aromatic nitrogens is 2. The summed E-state index contributed by atoms with van der Waals surface area (Å²) in [6.07, 6.45) is 0. The SMILES string of the molecule is CNc1cccc(-c2csc([C@@]3(C)N=C(N)N(C)C(=O)[C@@H]3c3ccc4nsnc4c3)c2)c1. The molecule has 2 aromatic heterocycles. The van der Waals surface area contributed by atoms with Crippen LogP contribution < -0.4 is 11.1 Å². The van der Waals surface area contributed by atoms with Crippen LogP contribution in [0.25, 0.3) is 22.2 Å². The number of thiophene rings is 1. The van der Waals surface area contributed by atoms with E-state index in [1.807, 2.05) is 44.3 Å². The zero-order chi connectivity index (χ0) is 22.5. The molecule has 0 saturated heterocycles. The minimum Gasteiger partial charge on any atom is -0.388 e. The van der Waals surface area contributed by atoms with Crippen molar-refractivity contribution < 1.29 is 4.79 Å². The van der Waals surface area contributed by atoms with Crippen molar-refractivity contribution in [2.24, 2.45) is 10.7 Å². The molecule has 3 N–H and O–H groups in total. The highest BCUT2D eigenvalue weighted by Crippen LogP contribution is 2.47. The van der Waals surface area contributed by atoms with Gasteiger partial charge in [-0.1, -0.05) is 18.2 Å². The van der Waals surface area contributed by atoms with Gasteiger partial charge in [0.1, 0.15) is 16.6 Å². The summed E-state index contributed by atoms with van der Waals surface area (Å²) in [6, 6.07) is 16.1. The average molecular weight is 463 g/mol. The van der Waals surface area contributed by atoms with Crippen LogP contribution in [-0.2, 0) is 10.3 Å². The predicted molar refractivity (Wildman–Crippen MR) is 131 cm³/mol. The minimum absolute atomic E-state index is 0.0883. The average Bonchev–Trinajstić information content (AvgIpc) is 3.47. The number of carbonyl (C=O) groups excluding carboxylic acids is 1. The number of hydrogen-bond donors (Lipinski definition) is 2. The molecule has 0 spiro atoms. The number of likely N-dealkylation sites (N-methyl/N-ethyl adjacent to an activating group) is 1. The van der Waals surface area contributed by atoms with Crippen LogP contribution in [0.15, 0.2) is 58.9 Å². The Hall–Kier alpha value is -3.30. The van der Waals surface area contributed by atoms with Crippen LogP contribution in [-0.4, -0.2) is 39.6 Å². The normalized spacial score (nSPS) is 21.1. The van der Waals surface area contributed by atoms with Crippen molar-refractivity contribution >= 4 is 51.7 Å². The molecule has 9 heteroatoms. The monoisotopic (exact) mass is 462 g/mol. The Labute approximate surface area is 193 Å². The number of benzene rings is 2. The number of anilines is 1. The van der Waals surface area contributed by atoms with Crippen LogP contribution in [0.2, 0.25) is 0 Å². The van der Waals surface area contributed by atoms with E-state index in [1.165, 1.54) is 4.90 Å². The number of guanidine groups is 1. The van der Waals surface area contributed by atoms with Gasteiger partial charge in [0.25, 0.3) is 0 Å². The lowest BCUT2D eigenvalue weighted by atomic mass is 9.77. The molecule has 2 aromatic carbocycles. The van der Waals surface area contributed by atoms with Crippen LogP contribution >= 0.6 is 23.1 Å². The van der Waals surface area contributed by atoms with Gasteiger partial charge < -0.3 is 11.1 Å². The first-order valence-electron chi connectivity index (χ1n) is 10.1. The fraction of sp³-hybridized carbons (Fsp3) is 0.217. The summed E-state index contributed by atoms with van der Waals surface area (Å²) in [4.78, 5) is 20.7. The molecule has 32 heavy (non-hydrogen) atoms. The van der Waals surface area contributed by atoms with Gasteiger partial charge in [-0.25, -0.2) is 4.99 Å². The van der Waals surface area contributed by atoms with Gasteiger partial charge in [0.05, 0.1) is 17.6 Å². The topological polar surface area (TPSA) is 96.5 Å². The summed E-state index contributed by atoms with van der Waals surface area (Å²) in [5.41, 5.74) is 11.0. The van der Waals surface area contributed by atoms with Crippen LogP contribution in [0.3, 0.4) is 0 Å². The van der Waals surface area contributed by atoms with Gasteiger partial charge in [-0.2, -0.15) is 8.75 Å². The first-order valence-corrected chi connectivity index (χ1v) is 11.7. The molecule has 2 atom stereocenters. The molecule has 3 heterocycles. The summed E-state index contributed by atoms with van der Waals surface area (Å²) < 4.78 is 8.64. The third-order valence-corrected chi connectivity index (χ3v) is 7.74. The fourth-order valence-corrected chi connectivity index (χ4v) is 5.75. The number of nitrogens with zero attached hydrogens (tertiary/aromatic N) is 4. The molecule has 0 radical (unpaired) electrons. The number of fused-ring (bicyclic) bond motifs is 1. The van der Waals surface area contributed by atoms with Gasteiger partial charge >= 0.3 is 0 Å².